The Labute approximate surface area is 68.6 Å². The lowest BCUT2D eigenvalue weighted by Gasteiger charge is -1.98. The molecule has 1 unspecified atom stereocenters. The molecule has 1 aromatic rings. The molecule has 56 valence electrons. The highest BCUT2D eigenvalue weighted by molar-refractivity contribution is 6.29. The van der Waals surface area contributed by atoms with E-state index >= 15 is 0 Å². The van der Waals surface area contributed by atoms with Crippen LogP contribution in [0.4, 0.5) is 0 Å². The number of aromatic nitrogens is 2. The van der Waals surface area contributed by atoms with Crippen molar-refractivity contribution in [2.45, 2.75) is 6.04 Å². The van der Waals surface area contributed by atoms with E-state index in [9.17, 15) is 0 Å². The van der Waals surface area contributed by atoms with Crippen LogP contribution in [-0.2, 0) is 0 Å². The number of nitrogens with zero attached hydrogens (tertiary/aromatic N) is 3. The summed E-state index contributed by atoms with van der Waals surface area (Å²) in [6.07, 6.45) is 0. The van der Waals surface area contributed by atoms with E-state index in [1.54, 1.807) is 12.1 Å². The molecule has 0 saturated carbocycles. The monoisotopic (exact) mass is 168 g/mol. The summed E-state index contributed by atoms with van der Waals surface area (Å²) < 4.78 is 0. The zero-order valence-electron chi connectivity index (χ0n) is 5.53. The SMILES string of the molecule is N#CC(N)c1ccc(Cl)nn1. The highest BCUT2D eigenvalue weighted by Crippen LogP contribution is 2.07. The number of hydrogen-bond donors (Lipinski definition) is 1. The predicted octanol–water partition coefficient (Wildman–Crippen LogP) is 0.653. The van der Waals surface area contributed by atoms with E-state index in [0.29, 0.717) is 10.8 Å². The Morgan fingerprint density at radius 3 is 2.73 bits per heavy atom. The average molecular weight is 169 g/mol. The number of halogens is 1. The van der Waals surface area contributed by atoms with Crippen LogP contribution in [-0.4, -0.2) is 10.2 Å². The second-order valence-corrected chi connectivity index (χ2v) is 2.27. The normalized spacial score (nSPS) is 12.1. The zero-order chi connectivity index (χ0) is 8.27. The maximum atomic E-state index is 8.38. The maximum Gasteiger partial charge on any atom is 0.151 e. The third kappa shape index (κ3) is 1.87. The highest BCUT2D eigenvalue weighted by atomic mass is 35.5. The van der Waals surface area contributed by atoms with Crippen LogP contribution in [0.25, 0.3) is 0 Å². The van der Waals surface area contributed by atoms with Crippen LogP contribution in [0.2, 0.25) is 5.15 Å². The Bertz CT molecular complexity index is 276. The highest BCUT2D eigenvalue weighted by Gasteiger charge is 2.04. The molecule has 0 spiro atoms. The summed E-state index contributed by atoms with van der Waals surface area (Å²) in [4.78, 5) is 0. The Hall–Kier alpha value is -1.18. The van der Waals surface area contributed by atoms with Gasteiger partial charge in [0.1, 0.15) is 6.04 Å². The van der Waals surface area contributed by atoms with Crippen LogP contribution in [0.5, 0.6) is 0 Å². The molecule has 2 N–H and O–H groups in total. The van der Waals surface area contributed by atoms with Gasteiger partial charge in [0.2, 0.25) is 0 Å². The summed E-state index contributed by atoms with van der Waals surface area (Å²) in [5.41, 5.74) is 5.77. The minimum atomic E-state index is -0.722. The lowest BCUT2D eigenvalue weighted by Crippen LogP contribution is -2.09. The zero-order valence-corrected chi connectivity index (χ0v) is 6.28. The molecule has 5 heteroatoms. The van der Waals surface area contributed by atoms with Crippen LogP contribution >= 0.6 is 11.6 Å². The summed E-state index contributed by atoms with van der Waals surface area (Å²) in [7, 11) is 0. The molecule has 4 nitrogen and oxygen atoms in total. The largest absolute Gasteiger partial charge is 0.311 e. The molecule has 1 rings (SSSR count). The molecule has 0 aliphatic heterocycles. The molecule has 0 aliphatic carbocycles. The van der Waals surface area contributed by atoms with Crippen molar-refractivity contribution in [1.82, 2.24) is 10.2 Å². The van der Waals surface area contributed by atoms with Gasteiger partial charge in [-0.25, -0.2) is 0 Å². The van der Waals surface area contributed by atoms with Crippen molar-refractivity contribution in [3.05, 3.63) is 23.0 Å². The Morgan fingerprint density at radius 1 is 1.55 bits per heavy atom. The second kappa shape index (κ2) is 3.28. The van der Waals surface area contributed by atoms with Crippen molar-refractivity contribution in [1.29, 1.82) is 5.26 Å². The van der Waals surface area contributed by atoms with Gasteiger partial charge < -0.3 is 5.73 Å². The lowest BCUT2D eigenvalue weighted by atomic mass is 10.2. The summed E-state index contributed by atoms with van der Waals surface area (Å²) in [6.45, 7) is 0. The van der Waals surface area contributed by atoms with Crippen LogP contribution in [0.15, 0.2) is 12.1 Å². The van der Waals surface area contributed by atoms with Crippen molar-refractivity contribution >= 4 is 11.6 Å². The van der Waals surface area contributed by atoms with Gasteiger partial charge in [0.05, 0.1) is 11.8 Å². The molecule has 11 heavy (non-hydrogen) atoms. The fourth-order valence-corrected chi connectivity index (χ4v) is 0.659. The third-order valence-electron chi connectivity index (χ3n) is 1.11. The Morgan fingerprint density at radius 2 is 2.27 bits per heavy atom. The minimum absolute atomic E-state index is 0.291. The van der Waals surface area contributed by atoms with Crippen molar-refractivity contribution in [3.8, 4) is 6.07 Å². The van der Waals surface area contributed by atoms with Crippen molar-refractivity contribution < 1.29 is 0 Å². The topological polar surface area (TPSA) is 75.6 Å². The third-order valence-corrected chi connectivity index (χ3v) is 1.31. The number of nitrogens with two attached hydrogens (primary N) is 1. The summed E-state index contributed by atoms with van der Waals surface area (Å²) >= 11 is 5.46. The summed E-state index contributed by atoms with van der Waals surface area (Å²) in [5, 5.41) is 15.8. The molecule has 0 radical (unpaired) electrons. The van der Waals surface area contributed by atoms with E-state index in [0.717, 1.165) is 0 Å². The average Bonchev–Trinajstić information content (AvgIpc) is 2.05. The van der Waals surface area contributed by atoms with Gasteiger partial charge in [0.25, 0.3) is 0 Å². The summed E-state index contributed by atoms with van der Waals surface area (Å²) in [5.74, 6) is 0. The number of hydrogen-bond acceptors (Lipinski definition) is 4. The van der Waals surface area contributed by atoms with Gasteiger partial charge in [-0.3, -0.25) is 0 Å². The molecular formula is C6H5ClN4. The van der Waals surface area contributed by atoms with Gasteiger partial charge in [-0.2, -0.15) is 10.4 Å². The van der Waals surface area contributed by atoms with Crippen LogP contribution in [0, 0.1) is 11.3 Å². The van der Waals surface area contributed by atoms with Gasteiger partial charge in [0.15, 0.2) is 5.15 Å². The molecule has 0 saturated heterocycles. The first-order valence-corrected chi connectivity index (χ1v) is 3.26. The molecule has 1 atom stereocenters. The fourth-order valence-electron chi connectivity index (χ4n) is 0.558. The molecule has 0 amide bonds. The van der Waals surface area contributed by atoms with E-state index in [2.05, 4.69) is 10.2 Å². The minimum Gasteiger partial charge on any atom is -0.311 e. The fraction of sp³-hybridized carbons (Fsp3) is 0.167. The Balaban J connectivity index is 2.92. The van der Waals surface area contributed by atoms with Gasteiger partial charge in [-0.1, -0.05) is 11.6 Å². The summed E-state index contributed by atoms with van der Waals surface area (Å²) in [6, 6.07) is 4.23. The van der Waals surface area contributed by atoms with E-state index in [1.165, 1.54) is 0 Å². The first kappa shape index (κ1) is 7.92. The van der Waals surface area contributed by atoms with Crippen molar-refractivity contribution in [2.24, 2.45) is 5.73 Å². The molecule has 0 aromatic carbocycles. The predicted molar refractivity (Wildman–Crippen MR) is 39.6 cm³/mol. The van der Waals surface area contributed by atoms with E-state index < -0.39 is 6.04 Å². The van der Waals surface area contributed by atoms with Gasteiger partial charge in [0, 0.05) is 0 Å². The smallest absolute Gasteiger partial charge is 0.151 e. The number of rotatable bonds is 1. The molecule has 0 aliphatic rings. The maximum absolute atomic E-state index is 8.38. The standard InChI is InChI=1S/C6H5ClN4/c7-6-2-1-5(10-11-6)4(9)3-8/h1-2,4H,9H2. The molecular weight excluding hydrogens is 164 g/mol. The van der Waals surface area contributed by atoms with Crippen LogP contribution in [0.1, 0.15) is 11.7 Å². The lowest BCUT2D eigenvalue weighted by molar-refractivity contribution is 0.826. The Kier molecular flexibility index (Phi) is 2.36. The first-order valence-electron chi connectivity index (χ1n) is 2.88. The van der Waals surface area contributed by atoms with E-state index in [-0.39, 0.29) is 0 Å². The molecule has 1 heterocycles. The van der Waals surface area contributed by atoms with Crippen LogP contribution < -0.4 is 5.73 Å². The van der Waals surface area contributed by atoms with Crippen LogP contribution in [0.3, 0.4) is 0 Å². The molecule has 0 bridgehead atoms. The molecule has 0 fully saturated rings. The van der Waals surface area contributed by atoms with Gasteiger partial charge in [-0.05, 0) is 12.1 Å². The van der Waals surface area contributed by atoms with Crippen molar-refractivity contribution in [2.75, 3.05) is 0 Å². The quantitative estimate of drug-likeness (QED) is 0.668. The molecule has 1 aromatic heterocycles. The van der Waals surface area contributed by atoms with Crippen molar-refractivity contribution in [3.63, 3.8) is 0 Å². The first-order chi connectivity index (χ1) is 5.24. The van der Waals surface area contributed by atoms with E-state index in [1.807, 2.05) is 6.07 Å². The van der Waals surface area contributed by atoms with E-state index in [4.69, 9.17) is 22.6 Å². The van der Waals surface area contributed by atoms with Gasteiger partial charge in [-0.15, -0.1) is 5.10 Å². The number of nitriles is 1. The van der Waals surface area contributed by atoms with Gasteiger partial charge >= 0.3 is 0 Å². The second-order valence-electron chi connectivity index (χ2n) is 1.89.